The van der Waals surface area contributed by atoms with Gasteiger partial charge in [-0.1, -0.05) is 22.6 Å². The van der Waals surface area contributed by atoms with E-state index in [0.717, 1.165) is 56.4 Å². The smallest absolute Gasteiger partial charge is 0.158 e. The Morgan fingerprint density at radius 3 is 1.97 bits per heavy atom. The van der Waals surface area contributed by atoms with Crippen LogP contribution in [0.3, 0.4) is 0 Å². The number of aromatic nitrogens is 1. The first-order valence-electron chi connectivity index (χ1n) is 12.0. The first-order valence-corrected chi connectivity index (χ1v) is 13.6. The fourth-order valence-corrected chi connectivity index (χ4v) is 5.75. The van der Waals surface area contributed by atoms with Crippen molar-refractivity contribution in [2.24, 2.45) is 4.99 Å². The highest BCUT2D eigenvalue weighted by atomic mass is 127. The molecule has 1 aliphatic heterocycles. The molecule has 0 unspecified atom stereocenters. The summed E-state index contributed by atoms with van der Waals surface area (Å²) >= 11 is 2.43. The zero-order valence-corrected chi connectivity index (χ0v) is 24.4. The lowest BCUT2D eigenvalue weighted by Crippen LogP contribution is -2.17. The molecule has 1 aliphatic carbocycles. The molecule has 0 atom stereocenters. The molecule has 4 nitrogen and oxygen atoms in total. The average molecular weight is 570 g/mol. The highest BCUT2D eigenvalue weighted by Gasteiger charge is 2.25. The number of aryl methyl sites for hydroxylation is 4. The van der Waals surface area contributed by atoms with Crippen molar-refractivity contribution in [1.82, 2.24) is 4.98 Å². The van der Waals surface area contributed by atoms with Crippen molar-refractivity contribution in [3.8, 4) is 11.5 Å². The van der Waals surface area contributed by atoms with E-state index in [0.29, 0.717) is 0 Å². The van der Waals surface area contributed by atoms with Crippen LogP contribution in [0, 0.1) is 55.4 Å². The maximum absolute atomic E-state index is 6.80. The van der Waals surface area contributed by atoms with Gasteiger partial charge in [0.25, 0.3) is 0 Å². The normalized spacial score (nSPS) is 12.5. The van der Waals surface area contributed by atoms with E-state index in [-0.39, 0.29) is 0 Å². The predicted molar refractivity (Wildman–Crippen MR) is 154 cm³/mol. The van der Waals surface area contributed by atoms with Crippen molar-refractivity contribution in [2.45, 2.75) is 61.8 Å². The zero-order valence-electron chi connectivity index (χ0n) is 22.2. The monoisotopic (exact) mass is 569 g/mol. The number of fused-ring (bicyclic) bond motifs is 4. The molecule has 0 radical (unpaired) electrons. The highest BCUT2D eigenvalue weighted by molar-refractivity contribution is 14.1. The third-order valence-corrected chi connectivity index (χ3v) is 8.46. The quantitative estimate of drug-likeness (QED) is 0.0849. The summed E-state index contributed by atoms with van der Waals surface area (Å²) in [4.78, 5) is 12.6. The maximum Gasteiger partial charge on any atom is 0.158 e. The molecule has 0 N–H and O–H groups in total. The van der Waals surface area contributed by atoms with E-state index >= 15 is 0 Å². The van der Waals surface area contributed by atoms with E-state index in [9.17, 15) is 0 Å². The van der Waals surface area contributed by atoms with Gasteiger partial charge < -0.3 is 9.32 Å². The first-order chi connectivity index (χ1) is 16.0. The highest BCUT2D eigenvalue weighted by Crippen LogP contribution is 2.41. The molecule has 34 heavy (non-hydrogen) atoms. The van der Waals surface area contributed by atoms with Crippen LogP contribution in [-0.2, 0) is 0 Å². The lowest BCUT2D eigenvalue weighted by molar-refractivity contribution is 0.605. The van der Waals surface area contributed by atoms with Gasteiger partial charge in [0.2, 0.25) is 0 Å². The second-order valence-corrected chi connectivity index (χ2v) is 10.9. The number of nitrogens with zero attached hydrogens (tertiary/aromatic N) is 3. The molecule has 0 bridgehead atoms. The van der Waals surface area contributed by atoms with Crippen LogP contribution in [0.5, 0.6) is 0 Å². The van der Waals surface area contributed by atoms with Crippen molar-refractivity contribution < 1.29 is 4.42 Å². The van der Waals surface area contributed by atoms with Gasteiger partial charge >= 0.3 is 0 Å². The van der Waals surface area contributed by atoms with Crippen LogP contribution in [0.4, 0.5) is 5.69 Å². The summed E-state index contributed by atoms with van der Waals surface area (Å²) in [7, 11) is 4.18. The molecule has 2 aromatic rings. The third kappa shape index (κ3) is 3.62. The molecule has 0 amide bonds. The molecule has 2 aromatic carbocycles. The van der Waals surface area contributed by atoms with Crippen molar-refractivity contribution in [3.05, 3.63) is 49.9 Å². The van der Waals surface area contributed by atoms with Crippen molar-refractivity contribution in [3.63, 3.8) is 0 Å². The lowest BCUT2D eigenvalue weighted by Gasteiger charge is -2.24. The summed E-state index contributed by atoms with van der Waals surface area (Å²) in [5.41, 5.74) is 13.9. The van der Waals surface area contributed by atoms with Gasteiger partial charge in [0.05, 0.1) is 5.36 Å². The van der Waals surface area contributed by atoms with Crippen LogP contribution < -0.4 is 10.3 Å². The van der Waals surface area contributed by atoms with Crippen LogP contribution in [0.25, 0.3) is 33.3 Å². The van der Waals surface area contributed by atoms with Crippen LogP contribution in [0.15, 0.2) is 9.41 Å². The molecule has 5 heteroatoms. The van der Waals surface area contributed by atoms with E-state index in [1.54, 1.807) is 0 Å². The summed E-state index contributed by atoms with van der Waals surface area (Å²) in [5.74, 6) is 0.857. The Labute approximate surface area is 217 Å². The number of alkyl halides is 1. The third-order valence-electron chi connectivity index (χ3n) is 7.69. The van der Waals surface area contributed by atoms with E-state index in [1.807, 2.05) is 0 Å². The largest absolute Gasteiger partial charge is 0.452 e. The summed E-state index contributed by atoms with van der Waals surface area (Å²) in [5, 5.41) is 3.49. The Bertz CT molecular complexity index is 1490. The van der Waals surface area contributed by atoms with Gasteiger partial charge in [0.15, 0.2) is 11.3 Å². The molecular formula is C29H36IN3O. The Hall–Kier alpha value is -2.15. The summed E-state index contributed by atoms with van der Waals surface area (Å²) in [6.45, 7) is 18.4. The van der Waals surface area contributed by atoms with E-state index in [1.165, 1.54) is 49.8 Å². The number of benzene rings is 3. The van der Waals surface area contributed by atoms with Crippen molar-refractivity contribution in [1.29, 1.82) is 0 Å². The maximum atomic E-state index is 6.80. The van der Waals surface area contributed by atoms with Gasteiger partial charge in [-0.2, -0.15) is 0 Å². The molecule has 2 aliphatic rings. The fourth-order valence-electron chi connectivity index (χ4n) is 5.41. The van der Waals surface area contributed by atoms with Crippen molar-refractivity contribution >= 4 is 50.2 Å². The number of anilines is 1. The van der Waals surface area contributed by atoms with E-state index in [2.05, 4.69) is 97.0 Å². The van der Waals surface area contributed by atoms with E-state index in [4.69, 9.17) is 14.4 Å². The van der Waals surface area contributed by atoms with E-state index < -0.39 is 0 Å². The number of rotatable bonds is 4. The topological polar surface area (TPSA) is 41.6 Å². The molecule has 1 heterocycles. The second-order valence-electron chi connectivity index (χ2n) is 9.84. The van der Waals surface area contributed by atoms with Gasteiger partial charge in [0, 0.05) is 52.7 Å². The SMILES string of the molecule is Cc1c(N(C)C)c(C)c2oc3c(C)c(=NCCCI)c4c(C)c(C)c(C)c(C)c4c-3nc2c1C. The Kier molecular flexibility index (Phi) is 6.71. The van der Waals surface area contributed by atoms with Crippen LogP contribution in [0.1, 0.15) is 50.9 Å². The molecule has 180 valence electrons. The molecule has 0 fully saturated rings. The molecule has 0 saturated carbocycles. The number of halogens is 1. The predicted octanol–water partition coefficient (Wildman–Crippen LogP) is 7.34. The second kappa shape index (κ2) is 9.14. The minimum atomic E-state index is 0.818. The minimum Gasteiger partial charge on any atom is -0.452 e. The van der Waals surface area contributed by atoms with Crippen molar-refractivity contribution in [2.75, 3.05) is 30.0 Å². The summed E-state index contributed by atoms with van der Waals surface area (Å²) < 4.78 is 7.90. The molecule has 4 rings (SSSR count). The number of hydrogen-bond acceptors (Lipinski definition) is 4. The van der Waals surface area contributed by atoms with Crippen LogP contribution in [-0.4, -0.2) is 30.1 Å². The zero-order chi connectivity index (χ0) is 25.1. The number of hydrogen-bond donors (Lipinski definition) is 0. The molecule has 0 spiro atoms. The van der Waals surface area contributed by atoms with Gasteiger partial charge in [-0.3, -0.25) is 4.99 Å². The van der Waals surface area contributed by atoms with Gasteiger partial charge in [-0.25, -0.2) is 4.98 Å². The summed E-state index contributed by atoms with van der Waals surface area (Å²) in [6.07, 6.45) is 1.07. The van der Waals surface area contributed by atoms with Crippen LogP contribution >= 0.6 is 22.6 Å². The Balaban J connectivity index is 2.33. The van der Waals surface area contributed by atoms with Gasteiger partial charge in [-0.05, 0) is 95.2 Å². The van der Waals surface area contributed by atoms with Crippen LogP contribution in [0.2, 0.25) is 0 Å². The minimum absolute atomic E-state index is 0.818. The Morgan fingerprint density at radius 1 is 0.765 bits per heavy atom. The first kappa shape index (κ1) is 25.0. The standard InChI is InChI=1S/C29H36IN3O/c1-14-15(2)17(4)23-22(16(14)3)24(31-13-11-12-30)20(7)28-26(23)32-25-18(5)19(6)27(33(9)10)21(8)29(25)34-28/h11-13H2,1-10H3. The molecule has 0 aromatic heterocycles. The molecular weight excluding hydrogens is 533 g/mol. The average Bonchev–Trinajstić information content (AvgIpc) is 2.80. The lowest BCUT2D eigenvalue weighted by atomic mass is 9.87. The fraction of sp³-hybridized carbons (Fsp3) is 0.448. The Morgan fingerprint density at radius 2 is 1.38 bits per heavy atom. The summed E-state index contributed by atoms with van der Waals surface area (Å²) in [6, 6.07) is 0. The van der Waals surface area contributed by atoms with Gasteiger partial charge in [0.1, 0.15) is 11.2 Å². The van der Waals surface area contributed by atoms with Gasteiger partial charge in [-0.15, -0.1) is 0 Å². The molecule has 0 saturated heterocycles.